The number of benzene rings is 2. The zero-order valence-corrected chi connectivity index (χ0v) is 12.7. The zero-order valence-electron chi connectivity index (χ0n) is 11.9. The molecule has 0 aromatic heterocycles. The van der Waals surface area contributed by atoms with E-state index < -0.39 is 22.2 Å². The van der Waals surface area contributed by atoms with Crippen LogP contribution >= 0.6 is 11.6 Å². The van der Waals surface area contributed by atoms with E-state index in [-0.39, 0.29) is 22.0 Å². The quantitative estimate of drug-likeness (QED) is 0.661. The first kappa shape index (κ1) is 16.9. The molecule has 0 radical (unpaired) electrons. The summed E-state index contributed by atoms with van der Waals surface area (Å²) in [5.74, 6) is -1.60. The van der Waals surface area contributed by atoms with Crippen molar-refractivity contribution in [1.29, 1.82) is 0 Å². The lowest BCUT2D eigenvalue weighted by atomic mass is 9.94. The van der Waals surface area contributed by atoms with Gasteiger partial charge in [-0.2, -0.15) is 0 Å². The van der Waals surface area contributed by atoms with Crippen LogP contribution < -0.4 is 5.32 Å². The summed E-state index contributed by atoms with van der Waals surface area (Å²) in [6.07, 6.45) is 0. The monoisotopic (exact) mass is 338 g/mol. The van der Waals surface area contributed by atoms with Crippen LogP contribution in [0.25, 0.3) is 0 Å². The van der Waals surface area contributed by atoms with E-state index in [9.17, 15) is 24.4 Å². The van der Waals surface area contributed by atoms with Crippen molar-refractivity contribution in [3.8, 4) is 0 Å². The minimum atomic E-state index is -2.01. The van der Waals surface area contributed by atoms with Crippen LogP contribution in [0.1, 0.15) is 12.5 Å². The predicted molar refractivity (Wildman–Crippen MR) is 82.7 cm³/mol. The van der Waals surface area contributed by atoms with Crippen LogP contribution in [-0.4, -0.2) is 15.9 Å². The first-order valence-electron chi connectivity index (χ1n) is 6.45. The largest absolute Gasteiger partial charge is 0.376 e. The van der Waals surface area contributed by atoms with E-state index in [4.69, 9.17) is 11.6 Å². The van der Waals surface area contributed by atoms with Gasteiger partial charge in [0.25, 0.3) is 11.6 Å². The third-order valence-corrected chi connectivity index (χ3v) is 3.49. The Morgan fingerprint density at radius 3 is 2.48 bits per heavy atom. The number of nitro groups is 1. The van der Waals surface area contributed by atoms with Crippen molar-refractivity contribution in [2.45, 2.75) is 12.5 Å². The fourth-order valence-corrected chi connectivity index (χ4v) is 2.05. The summed E-state index contributed by atoms with van der Waals surface area (Å²) in [7, 11) is 0. The van der Waals surface area contributed by atoms with Gasteiger partial charge in [-0.3, -0.25) is 14.9 Å². The Kier molecular flexibility index (Phi) is 4.63. The van der Waals surface area contributed by atoms with Crippen LogP contribution in [0.3, 0.4) is 0 Å². The molecule has 2 rings (SSSR count). The highest BCUT2D eigenvalue weighted by atomic mass is 35.5. The third kappa shape index (κ3) is 3.64. The molecule has 0 bridgehead atoms. The molecule has 2 aromatic carbocycles. The molecule has 6 nitrogen and oxygen atoms in total. The second-order valence-corrected chi connectivity index (χ2v) is 5.39. The highest BCUT2D eigenvalue weighted by molar-refractivity contribution is 6.30. The molecule has 23 heavy (non-hydrogen) atoms. The van der Waals surface area contributed by atoms with Gasteiger partial charge in [-0.1, -0.05) is 11.6 Å². The van der Waals surface area contributed by atoms with Gasteiger partial charge in [-0.25, -0.2) is 4.39 Å². The van der Waals surface area contributed by atoms with Gasteiger partial charge >= 0.3 is 0 Å². The molecule has 0 aliphatic carbocycles. The lowest BCUT2D eigenvalue weighted by Gasteiger charge is -2.23. The van der Waals surface area contributed by atoms with Crippen molar-refractivity contribution in [3.63, 3.8) is 0 Å². The van der Waals surface area contributed by atoms with Crippen molar-refractivity contribution in [1.82, 2.24) is 0 Å². The number of nitrogens with zero attached hydrogens (tertiary/aromatic N) is 1. The number of non-ortho nitro benzene ring substituents is 1. The fourth-order valence-electron chi connectivity index (χ4n) is 1.88. The van der Waals surface area contributed by atoms with Gasteiger partial charge in [-0.15, -0.1) is 0 Å². The maximum absolute atomic E-state index is 13.6. The number of hydrogen-bond acceptors (Lipinski definition) is 4. The molecule has 2 aromatic rings. The summed E-state index contributed by atoms with van der Waals surface area (Å²) in [5, 5.41) is 23.4. The molecule has 0 aliphatic heterocycles. The van der Waals surface area contributed by atoms with Crippen LogP contribution in [-0.2, 0) is 10.4 Å². The zero-order chi connectivity index (χ0) is 17.2. The molecule has 1 unspecified atom stereocenters. The lowest BCUT2D eigenvalue weighted by Crippen LogP contribution is -2.37. The van der Waals surface area contributed by atoms with E-state index in [1.165, 1.54) is 31.2 Å². The second kappa shape index (κ2) is 6.31. The number of halogens is 2. The topological polar surface area (TPSA) is 92.5 Å². The molecular weight excluding hydrogens is 327 g/mol. The number of nitrogens with one attached hydrogen (secondary N) is 1. The van der Waals surface area contributed by atoms with Gasteiger partial charge in [0.15, 0.2) is 5.60 Å². The minimum absolute atomic E-state index is 0.128. The normalized spacial score (nSPS) is 13.2. The molecule has 0 heterocycles. The average molecular weight is 339 g/mol. The molecular formula is C15H12ClFN2O4. The van der Waals surface area contributed by atoms with E-state index in [2.05, 4.69) is 5.32 Å². The number of hydrogen-bond donors (Lipinski definition) is 2. The van der Waals surface area contributed by atoms with E-state index in [0.29, 0.717) is 0 Å². The molecule has 0 spiro atoms. The van der Waals surface area contributed by atoms with E-state index in [1.54, 1.807) is 0 Å². The Hall–Kier alpha value is -2.51. The minimum Gasteiger partial charge on any atom is -0.376 e. The Balaban J connectivity index is 2.25. The van der Waals surface area contributed by atoms with Gasteiger partial charge in [0, 0.05) is 17.2 Å². The highest BCUT2D eigenvalue weighted by Gasteiger charge is 2.33. The SMILES string of the molecule is CC(O)(C(=O)Nc1cc(Cl)ccc1F)c1ccc([N+](=O)[O-])cc1. The van der Waals surface area contributed by atoms with Crippen LogP contribution in [0.4, 0.5) is 15.8 Å². The Morgan fingerprint density at radius 1 is 1.30 bits per heavy atom. The highest BCUT2D eigenvalue weighted by Crippen LogP contribution is 2.26. The van der Waals surface area contributed by atoms with Gasteiger partial charge in [0.05, 0.1) is 10.6 Å². The number of aliphatic hydroxyl groups is 1. The van der Waals surface area contributed by atoms with Gasteiger partial charge in [0.1, 0.15) is 5.82 Å². The molecule has 0 aliphatic rings. The summed E-state index contributed by atoms with van der Waals surface area (Å²) in [4.78, 5) is 22.2. The Morgan fingerprint density at radius 2 is 1.91 bits per heavy atom. The first-order chi connectivity index (χ1) is 10.7. The van der Waals surface area contributed by atoms with Crippen molar-refractivity contribution >= 4 is 28.9 Å². The lowest BCUT2D eigenvalue weighted by molar-refractivity contribution is -0.384. The maximum atomic E-state index is 13.6. The number of nitro benzene ring substituents is 1. The molecule has 0 fully saturated rings. The third-order valence-electron chi connectivity index (χ3n) is 3.26. The van der Waals surface area contributed by atoms with E-state index >= 15 is 0 Å². The number of carbonyl (C=O) groups excluding carboxylic acids is 1. The summed E-state index contributed by atoms with van der Waals surface area (Å²) < 4.78 is 13.6. The number of rotatable bonds is 4. The standard InChI is InChI=1S/C15H12ClFN2O4/c1-15(21,9-2-5-11(6-3-9)19(22)23)14(20)18-13-8-10(16)4-7-12(13)17/h2-8,21H,1H3,(H,18,20). The fraction of sp³-hybridized carbons (Fsp3) is 0.133. The van der Waals surface area contributed by atoms with Gasteiger partial charge in [-0.05, 0) is 42.8 Å². The number of anilines is 1. The van der Waals surface area contributed by atoms with Gasteiger partial charge < -0.3 is 10.4 Å². The van der Waals surface area contributed by atoms with E-state index in [1.807, 2.05) is 0 Å². The van der Waals surface area contributed by atoms with E-state index in [0.717, 1.165) is 18.2 Å². The Labute approximate surface area is 135 Å². The summed E-state index contributed by atoms with van der Waals surface area (Å²) >= 11 is 5.73. The smallest absolute Gasteiger partial charge is 0.269 e. The van der Waals surface area contributed by atoms with Crippen LogP contribution in [0.5, 0.6) is 0 Å². The summed E-state index contributed by atoms with van der Waals surface area (Å²) in [5.41, 5.74) is -2.23. The molecule has 120 valence electrons. The van der Waals surface area contributed by atoms with Crippen LogP contribution in [0, 0.1) is 15.9 Å². The van der Waals surface area contributed by atoms with Crippen molar-refractivity contribution in [2.24, 2.45) is 0 Å². The number of carbonyl (C=O) groups is 1. The average Bonchev–Trinajstić information content (AvgIpc) is 2.50. The molecule has 8 heteroatoms. The summed E-state index contributed by atoms with van der Waals surface area (Å²) in [6.45, 7) is 1.20. The molecule has 2 N–H and O–H groups in total. The van der Waals surface area contributed by atoms with Crippen molar-refractivity contribution in [2.75, 3.05) is 5.32 Å². The van der Waals surface area contributed by atoms with Crippen molar-refractivity contribution < 1.29 is 19.2 Å². The number of amides is 1. The van der Waals surface area contributed by atoms with Gasteiger partial charge in [0.2, 0.25) is 0 Å². The summed E-state index contributed by atoms with van der Waals surface area (Å²) in [6, 6.07) is 8.45. The second-order valence-electron chi connectivity index (χ2n) is 4.95. The predicted octanol–water partition coefficient (Wildman–Crippen LogP) is 3.23. The van der Waals surface area contributed by atoms with Crippen molar-refractivity contribution in [3.05, 3.63) is 69.0 Å². The van der Waals surface area contributed by atoms with Crippen LogP contribution in [0.2, 0.25) is 5.02 Å². The maximum Gasteiger partial charge on any atom is 0.269 e. The Bertz CT molecular complexity index is 763. The van der Waals surface area contributed by atoms with Crippen LogP contribution in [0.15, 0.2) is 42.5 Å². The first-order valence-corrected chi connectivity index (χ1v) is 6.83. The molecule has 0 saturated heterocycles. The molecule has 1 atom stereocenters. The molecule has 0 saturated carbocycles. The molecule has 1 amide bonds.